The predicted octanol–water partition coefficient (Wildman–Crippen LogP) is -0.748. The quantitative estimate of drug-likeness (QED) is 0.536. The van der Waals surface area contributed by atoms with Crippen LogP contribution in [0.15, 0.2) is 0 Å². The molecule has 0 aromatic rings. The van der Waals surface area contributed by atoms with Crippen LogP contribution in [0.25, 0.3) is 0 Å². The fourth-order valence-electron chi connectivity index (χ4n) is 3.27. The first kappa shape index (κ1) is 16.0. The van der Waals surface area contributed by atoms with Gasteiger partial charge in [0, 0.05) is 13.1 Å². The Bertz CT molecular complexity index is 378. The Morgan fingerprint density at radius 3 is 2.48 bits per heavy atom. The van der Waals surface area contributed by atoms with Crippen LogP contribution in [0.2, 0.25) is 0 Å². The third-order valence-corrected chi connectivity index (χ3v) is 4.63. The van der Waals surface area contributed by atoms with Gasteiger partial charge in [0.25, 0.3) is 0 Å². The van der Waals surface area contributed by atoms with Crippen LogP contribution in [0.1, 0.15) is 25.7 Å². The molecule has 0 aromatic heterocycles. The molecule has 1 saturated carbocycles. The van der Waals surface area contributed by atoms with Gasteiger partial charge in [0.05, 0.1) is 6.10 Å². The van der Waals surface area contributed by atoms with Gasteiger partial charge in [0.2, 0.25) is 5.91 Å². The minimum Gasteiger partial charge on any atom is -0.393 e. The molecule has 2 aliphatic rings. The number of amides is 3. The van der Waals surface area contributed by atoms with Crippen molar-refractivity contribution in [3.8, 4) is 0 Å². The Labute approximate surface area is 125 Å². The molecular formula is C14H26N4O3. The lowest BCUT2D eigenvalue weighted by Gasteiger charge is -2.43. The van der Waals surface area contributed by atoms with E-state index in [1.165, 1.54) is 11.9 Å². The zero-order chi connectivity index (χ0) is 15.4. The van der Waals surface area contributed by atoms with Crippen LogP contribution in [-0.2, 0) is 4.79 Å². The summed E-state index contributed by atoms with van der Waals surface area (Å²) in [5.41, 5.74) is 5.14. The van der Waals surface area contributed by atoms with Gasteiger partial charge < -0.3 is 26.4 Å². The van der Waals surface area contributed by atoms with Crippen molar-refractivity contribution in [1.82, 2.24) is 15.5 Å². The molecule has 2 fully saturated rings. The average molecular weight is 298 g/mol. The number of nitrogens with zero attached hydrogens (tertiary/aromatic N) is 1. The van der Waals surface area contributed by atoms with Gasteiger partial charge in [-0.15, -0.1) is 0 Å². The van der Waals surface area contributed by atoms with Gasteiger partial charge >= 0.3 is 6.03 Å². The molecule has 1 aliphatic carbocycles. The Balaban J connectivity index is 1.91. The molecule has 120 valence electrons. The van der Waals surface area contributed by atoms with Crippen LogP contribution >= 0.6 is 0 Å². The molecule has 21 heavy (non-hydrogen) atoms. The fraction of sp³-hybridized carbons (Fsp3) is 0.857. The Kier molecular flexibility index (Phi) is 5.41. The van der Waals surface area contributed by atoms with E-state index in [-0.39, 0.29) is 24.6 Å². The molecule has 1 aliphatic heterocycles. The Hall–Kier alpha value is -1.34. The van der Waals surface area contributed by atoms with Crippen molar-refractivity contribution in [3.05, 3.63) is 0 Å². The van der Waals surface area contributed by atoms with Crippen molar-refractivity contribution in [1.29, 1.82) is 0 Å². The number of hydrogen-bond donors (Lipinski definition) is 4. The molecule has 0 radical (unpaired) electrons. The van der Waals surface area contributed by atoms with Crippen LogP contribution in [0, 0.1) is 11.8 Å². The van der Waals surface area contributed by atoms with Gasteiger partial charge in [-0.05, 0) is 50.6 Å². The van der Waals surface area contributed by atoms with Gasteiger partial charge in [0.15, 0.2) is 0 Å². The van der Waals surface area contributed by atoms with Crippen LogP contribution in [0.4, 0.5) is 4.79 Å². The molecule has 7 nitrogen and oxygen atoms in total. The molecular weight excluding hydrogens is 272 g/mol. The highest BCUT2D eigenvalue weighted by Gasteiger charge is 2.39. The van der Waals surface area contributed by atoms with Gasteiger partial charge in [-0.2, -0.15) is 0 Å². The number of hydrogen-bond acceptors (Lipinski definition) is 4. The van der Waals surface area contributed by atoms with E-state index in [1.807, 2.05) is 0 Å². The highest BCUT2D eigenvalue weighted by molar-refractivity contribution is 5.83. The normalized spacial score (nSPS) is 27.5. The van der Waals surface area contributed by atoms with E-state index in [1.54, 1.807) is 0 Å². The first-order valence-electron chi connectivity index (χ1n) is 7.66. The van der Waals surface area contributed by atoms with Crippen molar-refractivity contribution in [3.63, 3.8) is 0 Å². The number of carbonyl (C=O) groups excluding carboxylic acids is 2. The molecule has 1 saturated heterocycles. The van der Waals surface area contributed by atoms with E-state index in [9.17, 15) is 14.7 Å². The monoisotopic (exact) mass is 298 g/mol. The standard InChI is InChI=1S/C14H26N4O3/c1-18(14(15)21)8-12(20)17-13(10-6-11(19)7-10)9-2-4-16-5-3-9/h9-11,13,16,19H,2-8H2,1H3,(H2,15,21)(H,17,20). The highest BCUT2D eigenvalue weighted by Crippen LogP contribution is 2.35. The highest BCUT2D eigenvalue weighted by atomic mass is 16.3. The third kappa shape index (κ3) is 4.31. The maximum Gasteiger partial charge on any atom is 0.314 e. The lowest BCUT2D eigenvalue weighted by Crippen LogP contribution is -2.54. The Morgan fingerprint density at radius 2 is 1.95 bits per heavy atom. The molecule has 1 heterocycles. The molecule has 3 amide bonds. The molecule has 0 spiro atoms. The third-order valence-electron chi connectivity index (χ3n) is 4.63. The minimum atomic E-state index is -0.609. The summed E-state index contributed by atoms with van der Waals surface area (Å²) < 4.78 is 0. The number of likely N-dealkylation sites (N-methyl/N-ethyl adjacent to an activating group) is 1. The Morgan fingerprint density at radius 1 is 1.33 bits per heavy atom. The SMILES string of the molecule is CN(CC(=O)NC(C1CCNCC1)C1CC(O)C1)C(N)=O. The van der Waals surface area contributed by atoms with Crippen molar-refractivity contribution < 1.29 is 14.7 Å². The predicted molar refractivity (Wildman–Crippen MR) is 78.5 cm³/mol. The van der Waals surface area contributed by atoms with Crippen LogP contribution in [0.3, 0.4) is 0 Å². The van der Waals surface area contributed by atoms with E-state index < -0.39 is 6.03 Å². The van der Waals surface area contributed by atoms with E-state index in [0.29, 0.717) is 11.8 Å². The zero-order valence-electron chi connectivity index (χ0n) is 12.5. The van der Waals surface area contributed by atoms with E-state index >= 15 is 0 Å². The summed E-state index contributed by atoms with van der Waals surface area (Å²) in [6.07, 6.45) is 3.33. The summed E-state index contributed by atoms with van der Waals surface area (Å²) in [4.78, 5) is 24.3. The number of piperidine rings is 1. The second kappa shape index (κ2) is 7.09. The first-order valence-corrected chi connectivity index (χ1v) is 7.66. The summed E-state index contributed by atoms with van der Waals surface area (Å²) in [6, 6.07) is -0.521. The van der Waals surface area contributed by atoms with Crippen molar-refractivity contribution in [2.24, 2.45) is 17.6 Å². The summed E-state index contributed by atoms with van der Waals surface area (Å²) in [5.74, 6) is 0.596. The van der Waals surface area contributed by atoms with Crippen LogP contribution < -0.4 is 16.4 Å². The second-order valence-corrected chi connectivity index (χ2v) is 6.26. The summed E-state index contributed by atoms with van der Waals surface area (Å²) in [5, 5.41) is 15.9. The summed E-state index contributed by atoms with van der Waals surface area (Å²) >= 11 is 0. The number of carbonyl (C=O) groups is 2. The molecule has 0 aromatic carbocycles. The van der Waals surface area contributed by atoms with Gasteiger partial charge in [0.1, 0.15) is 6.54 Å². The smallest absolute Gasteiger partial charge is 0.314 e. The van der Waals surface area contributed by atoms with Crippen molar-refractivity contribution in [2.75, 3.05) is 26.7 Å². The topological polar surface area (TPSA) is 108 Å². The van der Waals surface area contributed by atoms with E-state index in [0.717, 1.165) is 38.8 Å². The van der Waals surface area contributed by atoms with E-state index in [4.69, 9.17) is 5.73 Å². The molecule has 5 N–H and O–H groups in total. The fourth-order valence-corrected chi connectivity index (χ4v) is 3.27. The molecule has 1 atom stereocenters. The van der Waals surface area contributed by atoms with Gasteiger partial charge in [-0.3, -0.25) is 4.79 Å². The van der Waals surface area contributed by atoms with E-state index in [2.05, 4.69) is 10.6 Å². The average Bonchev–Trinajstić information content (AvgIpc) is 2.42. The zero-order valence-corrected chi connectivity index (χ0v) is 12.5. The number of rotatable bonds is 5. The maximum atomic E-state index is 12.1. The maximum absolute atomic E-state index is 12.1. The van der Waals surface area contributed by atoms with Crippen molar-refractivity contribution in [2.45, 2.75) is 37.8 Å². The number of nitrogens with two attached hydrogens (primary N) is 1. The molecule has 0 bridgehead atoms. The van der Waals surface area contributed by atoms with Gasteiger partial charge in [-0.1, -0.05) is 0 Å². The summed E-state index contributed by atoms with van der Waals surface area (Å²) in [7, 11) is 1.51. The van der Waals surface area contributed by atoms with Crippen LogP contribution in [0.5, 0.6) is 0 Å². The summed E-state index contributed by atoms with van der Waals surface area (Å²) in [6.45, 7) is 1.91. The first-order chi connectivity index (χ1) is 9.97. The number of primary amides is 1. The van der Waals surface area contributed by atoms with Crippen molar-refractivity contribution >= 4 is 11.9 Å². The molecule has 2 rings (SSSR count). The lowest BCUT2D eigenvalue weighted by atomic mass is 9.71. The molecule has 1 unspecified atom stereocenters. The second-order valence-electron chi connectivity index (χ2n) is 6.26. The number of nitrogens with one attached hydrogen (secondary N) is 2. The largest absolute Gasteiger partial charge is 0.393 e. The van der Waals surface area contributed by atoms with Gasteiger partial charge in [-0.25, -0.2) is 4.79 Å². The number of aliphatic hydroxyl groups excluding tert-OH is 1. The minimum absolute atomic E-state index is 0.0217. The number of urea groups is 1. The lowest BCUT2D eigenvalue weighted by molar-refractivity contribution is -0.124. The number of aliphatic hydroxyl groups is 1. The van der Waals surface area contributed by atoms with Crippen LogP contribution in [-0.4, -0.2) is 60.8 Å². The molecule has 7 heteroatoms.